The third kappa shape index (κ3) is 4.29. The minimum absolute atomic E-state index is 0.0672. The number of anilines is 4. The van der Waals surface area contributed by atoms with E-state index < -0.39 is 23.3 Å². The van der Waals surface area contributed by atoms with Gasteiger partial charge in [-0.15, -0.1) is 0 Å². The summed E-state index contributed by atoms with van der Waals surface area (Å²) in [6.07, 6.45) is -0.159. The number of hydrogen-bond acceptors (Lipinski definition) is 5. The maximum absolute atomic E-state index is 13.0. The minimum atomic E-state index is -0.980. The summed E-state index contributed by atoms with van der Waals surface area (Å²) in [5.41, 5.74) is 2.65. The van der Waals surface area contributed by atoms with Crippen molar-refractivity contribution in [3.8, 4) is 0 Å². The van der Waals surface area contributed by atoms with Crippen LogP contribution < -0.4 is 21.5 Å². The number of halogens is 1. The molecule has 4 N–H and O–H groups in total. The molecule has 1 aromatic heterocycles. The number of hydrogen-bond donors (Lipinski definition) is 4. The van der Waals surface area contributed by atoms with Gasteiger partial charge in [0.1, 0.15) is 5.82 Å². The van der Waals surface area contributed by atoms with Crippen molar-refractivity contribution in [3.05, 3.63) is 74.5 Å². The Balaban J connectivity index is 1.65. The first-order chi connectivity index (χ1) is 14.8. The number of carbonyl (C=O) groups is 2. The van der Waals surface area contributed by atoms with Gasteiger partial charge in [0.15, 0.2) is 0 Å². The van der Waals surface area contributed by atoms with Crippen LogP contribution in [-0.4, -0.2) is 21.8 Å². The Kier molecular flexibility index (Phi) is 5.48. The molecule has 2 aromatic carbocycles. The molecule has 4 rings (SSSR count). The summed E-state index contributed by atoms with van der Waals surface area (Å²) in [6.45, 7) is 3.74. The highest BCUT2D eigenvalue weighted by Crippen LogP contribution is 2.31. The van der Waals surface area contributed by atoms with Crippen LogP contribution in [0, 0.1) is 13.8 Å². The van der Waals surface area contributed by atoms with Gasteiger partial charge >= 0.3 is 0 Å². The quantitative estimate of drug-likeness (QED) is 0.494. The number of benzene rings is 2. The van der Waals surface area contributed by atoms with Crippen LogP contribution in [0.25, 0.3) is 0 Å². The number of nitrogens with one attached hydrogen (secondary N) is 4. The molecular weight excluding hydrogens is 418 g/mol. The number of amides is 2. The highest BCUT2D eigenvalue weighted by Gasteiger charge is 2.35. The van der Waals surface area contributed by atoms with Crippen molar-refractivity contribution >= 4 is 46.6 Å². The Morgan fingerprint density at radius 1 is 1.13 bits per heavy atom. The van der Waals surface area contributed by atoms with Crippen molar-refractivity contribution in [1.29, 1.82) is 0 Å². The average molecular weight is 438 g/mol. The van der Waals surface area contributed by atoms with E-state index in [1.54, 1.807) is 25.1 Å². The Labute approximate surface area is 183 Å². The molecule has 3 aromatic rings. The first-order valence-corrected chi connectivity index (χ1v) is 10.0. The van der Waals surface area contributed by atoms with Gasteiger partial charge in [0.05, 0.1) is 11.5 Å². The number of H-pyrrole nitrogens is 1. The summed E-state index contributed by atoms with van der Waals surface area (Å²) >= 11 is 6.12. The molecule has 1 atom stereocenters. The van der Waals surface area contributed by atoms with Crippen molar-refractivity contribution < 1.29 is 9.59 Å². The molecule has 0 spiro atoms. The zero-order valence-corrected chi connectivity index (χ0v) is 17.6. The van der Waals surface area contributed by atoms with Gasteiger partial charge in [-0.25, -0.2) is 0 Å². The van der Waals surface area contributed by atoms with Gasteiger partial charge < -0.3 is 16.0 Å². The Bertz CT molecular complexity index is 1240. The number of nitrogens with zero attached hydrogens (tertiary/aromatic N) is 1. The van der Waals surface area contributed by atoms with E-state index in [1.165, 1.54) is 0 Å². The van der Waals surface area contributed by atoms with Crippen LogP contribution in [0.2, 0.25) is 5.02 Å². The molecule has 158 valence electrons. The van der Waals surface area contributed by atoms with E-state index in [2.05, 4.69) is 25.9 Å². The molecule has 0 aliphatic carbocycles. The third-order valence-corrected chi connectivity index (χ3v) is 5.52. The van der Waals surface area contributed by atoms with E-state index in [1.807, 2.05) is 31.2 Å². The molecule has 0 saturated heterocycles. The lowest BCUT2D eigenvalue weighted by Gasteiger charge is -2.24. The van der Waals surface area contributed by atoms with Crippen molar-refractivity contribution in [1.82, 2.24) is 9.97 Å². The topological polar surface area (TPSA) is 116 Å². The van der Waals surface area contributed by atoms with E-state index in [9.17, 15) is 14.4 Å². The van der Waals surface area contributed by atoms with Crippen molar-refractivity contribution in [2.45, 2.75) is 26.2 Å². The molecule has 0 unspecified atom stereocenters. The lowest BCUT2D eigenvalue weighted by molar-refractivity contribution is -0.123. The maximum atomic E-state index is 13.0. The van der Waals surface area contributed by atoms with Gasteiger partial charge in [-0.3, -0.25) is 19.4 Å². The highest BCUT2D eigenvalue weighted by molar-refractivity contribution is 6.31. The van der Waals surface area contributed by atoms with Crippen LogP contribution in [0.1, 0.15) is 29.0 Å². The zero-order chi connectivity index (χ0) is 22.1. The van der Waals surface area contributed by atoms with Crippen LogP contribution in [0.15, 0.2) is 47.3 Å². The fourth-order valence-electron chi connectivity index (χ4n) is 3.39. The summed E-state index contributed by atoms with van der Waals surface area (Å²) in [5, 5.41) is 8.87. The summed E-state index contributed by atoms with van der Waals surface area (Å²) in [7, 11) is 0. The van der Waals surface area contributed by atoms with Crippen molar-refractivity contribution in [2.75, 3.05) is 16.0 Å². The summed E-state index contributed by atoms with van der Waals surface area (Å²) in [6, 6.07) is 12.7. The predicted octanol–water partition coefficient (Wildman–Crippen LogP) is 3.85. The largest absolute Gasteiger partial charge is 0.326 e. The Hall–Kier alpha value is -3.65. The van der Waals surface area contributed by atoms with Crippen LogP contribution in [0.3, 0.4) is 0 Å². The molecule has 31 heavy (non-hydrogen) atoms. The lowest BCUT2D eigenvalue weighted by Crippen LogP contribution is -2.36. The lowest BCUT2D eigenvalue weighted by atomic mass is 9.92. The fourth-order valence-corrected chi connectivity index (χ4v) is 3.57. The van der Waals surface area contributed by atoms with E-state index >= 15 is 0 Å². The molecule has 0 radical (unpaired) electrons. The summed E-state index contributed by atoms with van der Waals surface area (Å²) in [5.74, 6) is -1.62. The maximum Gasteiger partial charge on any atom is 0.258 e. The first kappa shape index (κ1) is 20.6. The summed E-state index contributed by atoms with van der Waals surface area (Å²) < 4.78 is 0. The van der Waals surface area contributed by atoms with Crippen LogP contribution >= 0.6 is 11.6 Å². The number of carbonyl (C=O) groups excluding carboxylic acids is 2. The van der Waals surface area contributed by atoms with Crippen LogP contribution in [0.5, 0.6) is 0 Å². The monoisotopic (exact) mass is 437 g/mol. The van der Waals surface area contributed by atoms with Gasteiger partial charge in [0.25, 0.3) is 5.56 Å². The van der Waals surface area contributed by atoms with Gasteiger partial charge in [-0.05, 0) is 43.7 Å². The normalized spacial score (nSPS) is 15.1. The van der Waals surface area contributed by atoms with E-state index in [0.29, 0.717) is 16.3 Å². The van der Waals surface area contributed by atoms with E-state index in [0.717, 1.165) is 11.3 Å². The molecule has 1 aliphatic heterocycles. The molecular formula is C22H20ClN5O3. The second kappa shape index (κ2) is 8.23. The molecule has 0 fully saturated rings. The number of aryl methyl sites for hydroxylation is 1. The van der Waals surface area contributed by atoms with Crippen molar-refractivity contribution in [2.24, 2.45) is 0 Å². The molecule has 1 aliphatic rings. The van der Waals surface area contributed by atoms with Gasteiger partial charge in [-0.1, -0.05) is 35.4 Å². The van der Waals surface area contributed by atoms with Gasteiger partial charge in [-0.2, -0.15) is 4.98 Å². The molecule has 0 saturated carbocycles. The van der Waals surface area contributed by atoms with Crippen LogP contribution in [-0.2, 0) is 9.59 Å². The fraction of sp³-hybridized carbons (Fsp3) is 0.182. The third-order valence-electron chi connectivity index (χ3n) is 5.11. The SMILES string of the molecule is Cc1ccc(Nc2nc3c(c(=O)[nH]2)[C@@H](C(=O)Nc2cccc(Cl)c2C)CC(=O)N3)cc1. The second-order valence-electron chi connectivity index (χ2n) is 7.37. The van der Waals surface area contributed by atoms with E-state index in [-0.39, 0.29) is 23.8 Å². The zero-order valence-electron chi connectivity index (χ0n) is 16.9. The molecule has 2 heterocycles. The van der Waals surface area contributed by atoms with Gasteiger partial charge in [0.2, 0.25) is 17.8 Å². The van der Waals surface area contributed by atoms with Crippen molar-refractivity contribution in [3.63, 3.8) is 0 Å². The molecule has 9 heteroatoms. The standard InChI is InChI=1S/C22H20ClN5O3/c1-11-6-8-13(9-7-11)24-22-27-19-18(21(31)28-22)14(10-17(29)26-19)20(30)25-16-5-3-4-15(23)12(16)2/h3-9,14H,10H2,1-2H3,(H,25,30)(H3,24,26,27,28,29,31)/t14-/m0/s1. The predicted molar refractivity (Wildman–Crippen MR) is 120 cm³/mol. The van der Waals surface area contributed by atoms with Crippen LogP contribution in [0.4, 0.5) is 23.1 Å². The number of aromatic amines is 1. The average Bonchev–Trinajstić information content (AvgIpc) is 2.72. The first-order valence-electron chi connectivity index (χ1n) is 9.65. The Morgan fingerprint density at radius 3 is 2.61 bits per heavy atom. The number of aromatic nitrogens is 2. The number of fused-ring (bicyclic) bond motifs is 1. The molecule has 8 nitrogen and oxygen atoms in total. The Morgan fingerprint density at radius 2 is 1.87 bits per heavy atom. The number of rotatable bonds is 4. The molecule has 2 amide bonds. The summed E-state index contributed by atoms with van der Waals surface area (Å²) in [4.78, 5) is 45.0. The minimum Gasteiger partial charge on any atom is -0.326 e. The highest BCUT2D eigenvalue weighted by atomic mass is 35.5. The van der Waals surface area contributed by atoms with Gasteiger partial charge in [0, 0.05) is 22.8 Å². The second-order valence-corrected chi connectivity index (χ2v) is 7.78. The molecule has 0 bridgehead atoms. The smallest absolute Gasteiger partial charge is 0.258 e. The van der Waals surface area contributed by atoms with E-state index in [4.69, 9.17) is 11.6 Å².